The lowest BCUT2D eigenvalue weighted by Gasteiger charge is -2.21. The second kappa shape index (κ2) is 6.96. The highest BCUT2D eigenvalue weighted by Crippen LogP contribution is 2.05. The number of carbonyl (C=O) groups excluding carboxylic acids is 1. The van der Waals surface area contributed by atoms with Crippen molar-refractivity contribution in [2.75, 3.05) is 6.54 Å². The summed E-state index contributed by atoms with van der Waals surface area (Å²) in [6.07, 6.45) is 4.51. The van der Waals surface area contributed by atoms with Crippen molar-refractivity contribution in [2.24, 2.45) is 5.73 Å². The van der Waals surface area contributed by atoms with Gasteiger partial charge in [-0.2, -0.15) is 0 Å². The van der Waals surface area contributed by atoms with Crippen LogP contribution >= 0.6 is 12.2 Å². The highest BCUT2D eigenvalue weighted by molar-refractivity contribution is 7.80. The normalized spacial score (nSPS) is 9.94. The van der Waals surface area contributed by atoms with Crippen LogP contribution in [-0.2, 0) is 11.3 Å². The first-order chi connectivity index (χ1) is 8.13. The van der Waals surface area contributed by atoms with E-state index in [0.29, 0.717) is 30.9 Å². The van der Waals surface area contributed by atoms with Crippen molar-refractivity contribution in [3.63, 3.8) is 0 Å². The smallest absolute Gasteiger partial charge is 0.222 e. The number of pyridine rings is 1. The van der Waals surface area contributed by atoms with Crippen LogP contribution in [0.1, 0.15) is 25.3 Å². The molecule has 0 aromatic carbocycles. The minimum atomic E-state index is 0.102. The molecule has 5 heteroatoms. The number of carbonyl (C=O) groups is 1. The summed E-state index contributed by atoms with van der Waals surface area (Å²) in [6.45, 7) is 2.97. The lowest BCUT2D eigenvalue weighted by atomic mass is 10.2. The van der Waals surface area contributed by atoms with Crippen LogP contribution in [0.25, 0.3) is 0 Å². The lowest BCUT2D eigenvalue weighted by Crippen LogP contribution is -2.32. The van der Waals surface area contributed by atoms with Gasteiger partial charge in [0.25, 0.3) is 0 Å². The van der Waals surface area contributed by atoms with Gasteiger partial charge in [0.05, 0.1) is 4.99 Å². The maximum Gasteiger partial charge on any atom is 0.222 e. The van der Waals surface area contributed by atoms with Crippen molar-refractivity contribution in [3.05, 3.63) is 30.1 Å². The zero-order valence-corrected chi connectivity index (χ0v) is 10.7. The van der Waals surface area contributed by atoms with Crippen LogP contribution < -0.4 is 5.73 Å². The monoisotopic (exact) mass is 251 g/mol. The maximum absolute atomic E-state index is 11.8. The summed E-state index contributed by atoms with van der Waals surface area (Å²) in [7, 11) is 0. The Bertz CT molecular complexity index is 381. The number of aromatic nitrogens is 1. The number of hydrogen-bond donors (Lipinski definition) is 1. The molecule has 1 heterocycles. The van der Waals surface area contributed by atoms with Crippen molar-refractivity contribution < 1.29 is 4.79 Å². The molecule has 0 aliphatic rings. The van der Waals surface area contributed by atoms with E-state index in [2.05, 4.69) is 4.98 Å². The first-order valence-corrected chi connectivity index (χ1v) is 5.99. The molecule has 1 aromatic heterocycles. The van der Waals surface area contributed by atoms with Crippen LogP contribution in [0.4, 0.5) is 0 Å². The Labute approximate surface area is 107 Å². The van der Waals surface area contributed by atoms with Crippen LogP contribution in [0.3, 0.4) is 0 Å². The maximum atomic E-state index is 11.8. The van der Waals surface area contributed by atoms with Crippen LogP contribution in [0, 0.1) is 0 Å². The van der Waals surface area contributed by atoms with E-state index in [1.54, 1.807) is 17.3 Å². The molecule has 17 heavy (non-hydrogen) atoms. The van der Waals surface area contributed by atoms with Gasteiger partial charge < -0.3 is 10.6 Å². The molecular weight excluding hydrogens is 234 g/mol. The summed E-state index contributed by atoms with van der Waals surface area (Å²) in [4.78, 5) is 18.0. The van der Waals surface area contributed by atoms with E-state index >= 15 is 0 Å². The summed E-state index contributed by atoms with van der Waals surface area (Å²) in [6, 6.07) is 3.81. The average molecular weight is 251 g/mol. The number of hydrogen-bond acceptors (Lipinski definition) is 3. The minimum Gasteiger partial charge on any atom is -0.393 e. The lowest BCUT2D eigenvalue weighted by molar-refractivity contribution is -0.131. The molecule has 0 unspecified atom stereocenters. The Morgan fingerprint density at radius 2 is 2.35 bits per heavy atom. The van der Waals surface area contributed by atoms with Crippen molar-refractivity contribution in [1.82, 2.24) is 9.88 Å². The van der Waals surface area contributed by atoms with Gasteiger partial charge in [0, 0.05) is 38.3 Å². The van der Waals surface area contributed by atoms with Crippen LogP contribution in [0.15, 0.2) is 24.5 Å². The second-order valence-corrected chi connectivity index (χ2v) is 4.27. The van der Waals surface area contributed by atoms with Crippen LogP contribution in [-0.4, -0.2) is 27.3 Å². The molecule has 0 bridgehead atoms. The van der Waals surface area contributed by atoms with Gasteiger partial charge in [0.1, 0.15) is 0 Å². The average Bonchev–Trinajstić information content (AvgIpc) is 2.34. The molecule has 0 saturated carbocycles. The third kappa shape index (κ3) is 4.91. The van der Waals surface area contributed by atoms with Gasteiger partial charge in [0.2, 0.25) is 5.91 Å². The van der Waals surface area contributed by atoms with E-state index in [1.165, 1.54) is 0 Å². The predicted molar refractivity (Wildman–Crippen MR) is 71.3 cm³/mol. The second-order valence-electron chi connectivity index (χ2n) is 3.75. The molecular formula is C12H17N3OS. The van der Waals surface area contributed by atoms with Crippen molar-refractivity contribution in [1.29, 1.82) is 0 Å². The number of nitrogens with zero attached hydrogens (tertiary/aromatic N) is 2. The van der Waals surface area contributed by atoms with E-state index in [0.717, 1.165) is 5.56 Å². The zero-order chi connectivity index (χ0) is 12.7. The van der Waals surface area contributed by atoms with Gasteiger partial charge in [-0.15, -0.1) is 0 Å². The van der Waals surface area contributed by atoms with E-state index < -0.39 is 0 Å². The zero-order valence-electron chi connectivity index (χ0n) is 9.93. The van der Waals surface area contributed by atoms with Gasteiger partial charge in [-0.3, -0.25) is 9.78 Å². The SMILES string of the molecule is CCC(=O)N(CCC(N)=S)Cc1cccnc1. The standard InChI is InChI=1S/C12H17N3OS/c1-2-12(16)15(7-5-11(13)17)9-10-4-3-6-14-8-10/h3-4,6,8H,2,5,7,9H2,1H3,(H2,13,17). The Morgan fingerprint density at radius 3 is 2.88 bits per heavy atom. The molecule has 1 rings (SSSR count). The molecule has 4 nitrogen and oxygen atoms in total. The Hall–Kier alpha value is -1.49. The molecule has 92 valence electrons. The molecule has 1 amide bonds. The Kier molecular flexibility index (Phi) is 5.56. The van der Waals surface area contributed by atoms with E-state index in [1.807, 2.05) is 19.1 Å². The molecule has 0 aliphatic carbocycles. The fourth-order valence-corrected chi connectivity index (χ4v) is 1.56. The van der Waals surface area contributed by atoms with Gasteiger partial charge in [0.15, 0.2) is 0 Å². The Balaban J connectivity index is 2.63. The third-order valence-electron chi connectivity index (χ3n) is 2.38. The van der Waals surface area contributed by atoms with Crippen molar-refractivity contribution in [2.45, 2.75) is 26.3 Å². The highest BCUT2D eigenvalue weighted by atomic mass is 32.1. The first kappa shape index (κ1) is 13.6. The summed E-state index contributed by atoms with van der Waals surface area (Å²) in [5, 5.41) is 0. The molecule has 1 aromatic rings. The first-order valence-electron chi connectivity index (χ1n) is 5.58. The van der Waals surface area contributed by atoms with Crippen molar-refractivity contribution >= 4 is 23.1 Å². The predicted octanol–water partition coefficient (Wildman–Crippen LogP) is 1.50. The van der Waals surface area contributed by atoms with Crippen LogP contribution in [0.2, 0.25) is 0 Å². The summed E-state index contributed by atoms with van der Waals surface area (Å²) in [5.41, 5.74) is 6.47. The highest BCUT2D eigenvalue weighted by Gasteiger charge is 2.12. The summed E-state index contributed by atoms with van der Waals surface area (Å²) < 4.78 is 0. The molecule has 0 atom stereocenters. The van der Waals surface area contributed by atoms with Gasteiger partial charge in [-0.05, 0) is 11.6 Å². The summed E-state index contributed by atoms with van der Waals surface area (Å²) >= 11 is 4.83. The largest absolute Gasteiger partial charge is 0.393 e. The van der Waals surface area contributed by atoms with Gasteiger partial charge in [-0.1, -0.05) is 25.2 Å². The molecule has 0 spiro atoms. The summed E-state index contributed by atoms with van der Waals surface area (Å²) in [5.74, 6) is 0.102. The van der Waals surface area contributed by atoms with Crippen molar-refractivity contribution in [3.8, 4) is 0 Å². The van der Waals surface area contributed by atoms with E-state index in [-0.39, 0.29) is 5.91 Å². The molecule has 2 N–H and O–H groups in total. The number of rotatable bonds is 6. The number of thiocarbonyl (C=S) groups is 1. The topological polar surface area (TPSA) is 59.2 Å². The molecule has 0 radical (unpaired) electrons. The van der Waals surface area contributed by atoms with E-state index in [9.17, 15) is 4.79 Å². The number of nitrogens with two attached hydrogens (primary N) is 1. The quantitative estimate of drug-likeness (QED) is 0.778. The van der Waals surface area contributed by atoms with Crippen LogP contribution in [0.5, 0.6) is 0 Å². The molecule has 0 fully saturated rings. The molecule has 0 aliphatic heterocycles. The van der Waals surface area contributed by atoms with Gasteiger partial charge >= 0.3 is 0 Å². The number of amides is 1. The fraction of sp³-hybridized carbons (Fsp3) is 0.417. The van der Waals surface area contributed by atoms with E-state index in [4.69, 9.17) is 18.0 Å². The van der Waals surface area contributed by atoms with Gasteiger partial charge in [-0.25, -0.2) is 0 Å². The minimum absolute atomic E-state index is 0.102. The third-order valence-corrected chi connectivity index (χ3v) is 2.58. The fourth-order valence-electron chi connectivity index (χ4n) is 1.47. The Morgan fingerprint density at radius 1 is 1.59 bits per heavy atom. The molecule has 0 saturated heterocycles.